The summed E-state index contributed by atoms with van der Waals surface area (Å²) < 4.78 is 2.08. The number of nitrogens with zero attached hydrogens (tertiary/aromatic N) is 4. The third-order valence-electron chi connectivity index (χ3n) is 4.61. The first-order valence-electron chi connectivity index (χ1n) is 8.87. The first kappa shape index (κ1) is 18.2. The largest absolute Gasteiger partial charge is 0.308 e. The van der Waals surface area contributed by atoms with E-state index in [2.05, 4.69) is 33.9 Å². The van der Waals surface area contributed by atoms with Gasteiger partial charge in [0.1, 0.15) is 6.54 Å². The molecule has 0 fully saturated rings. The highest BCUT2D eigenvalue weighted by Gasteiger charge is 2.25. The Hall–Kier alpha value is -2.21. The van der Waals surface area contributed by atoms with Gasteiger partial charge >= 0.3 is 0 Å². The van der Waals surface area contributed by atoms with Crippen molar-refractivity contribution < 1.29 is 0 Å². The highest BCUT2D eigenvalue weighted by atomic mass is 35.5. The van der Waals surface area contributed by atoms with Gasteiger partial charge in [0.05, 0.1) is 17.4 Å². The molecule has 0 saturated heterocycles. The Kier molecular flexibility index (Phi) is 5.00. The number of aromatic nitrogens is 3. The molecule has 3 aromatic rings. The number of hydrogen-bond donors (Lipinski definition) is 1. The molecule has 5 nitrogen and oxygen atoms in total. The fraction of sp³-hybridized carbons (Fsp3) is 0.250. The van der Waals surface area contributed by atoms with E-state index in [-0.39, 0.29) is 6.04 Å². The summed E-state index contributed by atoms with van der Waals surface area (Å²) in [6.07, 6.45) is 0. The van der Waals surface area contributed by atoms with E-state index < -0.39 is 0 Å². The molecule has 1 N–H and O–H groups in total. The van der Waals surface area contributed by atoms with Crippen LogP contribution in [0.25, 0.3) is 5.69 Å². The molecule has 138 valence electrons. The maximum atomic E-state index is 6.47. The summed E-state index contributed by atoms with van der Waals surface area (Å²) in [6.45, 7) is 5.41. The lowest BCUT2D eigenvalue weighted by Crippen LogP contribution is -2.22. The van der Waals surface area contributed by atoms with Crippen LogP contribution in [0, 0.1) is 0 Å². The lowest BCUT2D eigenvalue weighted by Gasteiger charge is -2.17. The van der Waals surface area contributed by atoms with Crippen LogP contribution in [0.5, 0.6) is 0 Å². The summed E-state index contributed by atoms with van der Waals surface area (Å²) in [5.74, 6) is 1.64. The highest BCUT2D eigenvalue weighted by Crippen LogP contribution is 2.31. The number of rotatable bonds is 4. The van der Waals surface area contributed by atoms with Crippen LogP contribution >= 0.6 is 23.2 Å². The molecule has 0 spiro atoms. The van der Waals surface area contributed by atoms with Crippen molar-refractivity contribution in [2.75, 3.05) is 6.54 Å². The molecular weight excluding hydrogens is 381 g/mol. The van der Waals surface area contributed by atoms with E-state index in [0.717, 1.165) is 40.7 Å². The predicted molar refractivity (Wildman–Crippen MR) is 109 cm³/mol. The van der Waals surface area contributed by atoms with Crippen LogP contribution in [-0.2, 0) is 6.54 Å². The number of aliphatic imine (C=N–C) groups is 1. The van der Waals surface area contributed by atoms with Crippen molar-refractivity contribution in [2.24, 2.45) is 4.99 Å². The fourth-order valence-electron chi connectivity index (χ4n) is 3.38. The van der Waals surface area contributed by atoms with E-state index in [1.54, 1.807) is 0 Å². The van der Waals surface area contributed by atoms with E-state index >= 15 is 0 Å². The zero-order chi connectivity index (χ0) is 19.0. The molecule has 1 aliphatic rings. The second-order valence-corrected chi connectivity index (χ2v) is 7.24. The smallest absolute Gasteiger partial charge is 0.159 e. The van der Waals surface area contributed by atoms with Crippen molar-refractivity contribution in [3.63, 3.8) is 0 Å². The average molecular weight is 400 g/mol. The molecule has 2 aromatic carbocycles. The molecule has 4 rings (SSSR count). The maximum absolute atomic E-state index is 6.47. The molecule has 0 saturated carbocycles. The van der Waals surface area contributed by atoms with Gasteiger partial charge < -0.3 is 5.32 Å². The van der Waals surface area contributed by atoms with Crippen molar-refractivity contribution >= 4 is 28.9 Å². The third kappa shape index (κ3) is 3.27. The molecule has 1 atom stereocenters. The number of nitrogens with one attached hydrogen (secondary N) is 1. The summed E-state index contributed by atoms with van der Waals surface area (Å²) in [4.78, 5) is 4.83. The Morgan fingerprint density at radius 1 is 1.11 bits per heavy atom. The molecule has 1 aliphatic heterocycles. The molecule has 0 bridgehead atoms. The van der Waals surface area contributed by atoms with Crippen molar-refractivity contribution in [1.29, 1.82) is 0 Å². The second kappa shape index (κ2) is 7.43. The van der Waals surface area contributed by atoms with Crippen LogP contribution in [0.1, 0.15) is 42.7 Å². The Balaban J connectivity index is 1.94. The van der Waals surface area contributed by atoms with Crippen molar-refractivity contribution in [3.8, 4) is 5.69 Å². The van der Waals surface area contributed by atoms with Crippen LogP contribution in [0.3, 0.4) is 0 Å². The molecule has 1 unspecified atom stereocenters. The van der Waals surface area contributed by atoms with Gasteiger partial charge in [-0.3, -0.25) is 9.56 Å². The zero-order valence-electron chi connectivity index (χ0n) is 15.1. The van der Waals surface area contributed by atoms with Crippen LogP contribution < -0.4 is 5.32 Å². The first-order chi connectivity index (χ1) is 13.1. The summed E-state index contributed by atoms with van der Waals surface area (Å²) in [7, 11) is 0. The molecule has 2 heterocycles. The Morgan fingerprint density at radius 2 is 1.93 bits per heavy atom. The predicted octanol–water partition coefficient (Wildman–Crippen LogP) is 4.60. The van der Waals surface area contributed by atoms with Gasteiger partial charge in [0.15, 0.2) is 11.6 Å². The SMILES string of the molecule is CCNC(C)c1nnc2n1-c1ccc(Cl)cc1C(c1ccccc1Cl)=NC2. The maximum Gasteiger partial charge on any atom is 0.159 e. The van der Waals surface area contributed by atoms with E-state index in [0.29, 0.717) is 16.6 Å². The van der Waals surface area contributed by atoms with Gasteiger partial charge in [-0.2, -0.15) is 0 Å². The molecule has 27 heavy (non-hydrogen) atoms. The Morgan fingerprint density at radius 3 is 2.70 bits per heavy atom. The summed E-state index contributed by atoms with van der Waals surface area (Å²) in [5, 5.41) is 13.5. The summed E-state index contributed by atoms with van der Waals surface area (Å²) in [5.41, 5.74) is 3.56. The van der Waals surface area contributed by atoms with Gasteiger partial charge in [-0.25, -0.2) is 0 Å². The molecule has 0 aliphatic carbocycles. The molecule has 1 aromatic heterocycles. The first-order valence-corrected chi connectivity index (χ1v) is 9.63. The molecule has 0 radical (unpaired) electrons. The van der Waals surface area contributed by atoms with E-state index in [1.807, 2.05) is 42.5 Å². The standard InChI is InChI=1S/C20H19Cl2N5/c1-3-23-12(2)20-26-25-18-11-24-19(14-6-4-5-7-16(14)22)15-10-13(21)8-9-17(15)27(18)20/h4-10,12,23H,3,11H2,1-2H3. The number of hydrogen-bond acceptors (Lipinski definition) is 4. The van der Waals surface area contributed by atoms with Crippen molar-refractivity contribution in [3.05, 3.63) is 75.3 Å². The van der Waals surface area contributed by atoms with Gasteiger partial charge in [0.25, 0.3) is 0 Å². The molecule has 0 amide bonds. The lowest BCUT2D eigenvalue weighted by molar-refractivity contribution is 0.555. The number of benzene rings is 2. The molecule has 7 heteroatoms. The minimum absolute atomic E-state index is 0.0571. The highest BCUT2D eigenvalue weighted by molar-refractivity contribution is 6.36. The van der Waals surface area contributed by atoms with Gasteiger partial charge in [-0.05, 0) is 37.7 Å². The summed E-state index contributed by atoms with van der Waals surface area (Å²) in [6, 6.07) is 13.6. The Labute approximate surface area is 168 Å². The van der Waals surface area contributed by atoms with Crippen LogP contribution in [0.2, 0.25) is 10.0 Å². The monoisotopic (exact) mass is 399 g/mol. The van der Waals surface area contributed by atoms with Crippen molar-refractivity contribution in [2.45, 2.75) is 26.4 Å². The quantitative estimate of drug-likeness (QED) is 0.697. The van der Waals surface area contributed by atoms with Gasteiger partial charge in [-0.15, -0.1) is 10.2 Å². The fourth-order valence-corrected chi connectivity index (χ4v) is 3.78. The number of halogens is 2. The van der Waals surface area contributed by atoms with E-state index in [1.165, 1.54) is 0 Å². The van der Waals surface area contributed by atoms with Crippen LogP contribution in [0.15, 0.2) is 47.5 Å². The zero-order valence-corrected chi connectivity index (χ0v) is 16.6. The number of fused-ring (bicyclic) bond motifs is 3. The summed E-state index contributed by atoms with van der Waals surface area (Å²) >= 11 is 12.8. The lowest BCUT2D eigenvalue weighted by atomic mass is 10.00. The topological polar surface area (TPSA) is 55.1 Å². The van der Waals surface area contributed by atoms with Crippen molar-refractivity contribution in [1.82, 2.24) is 20.1 Å². The van der Waals surface area contributed by atoms with Crippen LogP contribution in [-0.4, -0.2) is 27.0 Å². The normalized spacial score (nSPS) is 14.1. The minimum Gasteiger partial charge on any atom is -0.308 e. The van der Waals surface area contributed by atoms with Gasteiger partial charge in [-0.1, -0.05) is 48.3 Å². The van der Waals surface area contributed by atoms with E-state index in [9.17, 15) is 0 Å². The minimum atomic E-state index is 0.0571. The second-order valence-electron chi connectivity index (χ2n) is 6.40. The third-order valence-corrected chi connectivity index (χ3v) is 5.18. The molecular formula is C20H19Cl2N5. The van der Waals surface area contributed by atoms with Crippen LogP contribution in [0.4, 0.5) is 0 Å². The van der Waals surface area contributed by atoms with E-state index in [4.69, 9.17) is 28.2 Å². The van der Waals surface area contributed by atoms with Gasteiger partial charge in [0, 0.05) is 21.2 Å². The van der Waals surface area contributed by atoms with Gasteiger partial charge in [0.2, 0.25) is 0 Å². The Bertz CT molecular complexity index is 1020. The average Bonchev–Trinajstić information content (AvgIpc) is 3.01.